The predicted molar refractivity (Wildman–Crippen MR) is 70.7 cm³/mol. The van der Waals surface area contributed by atoms with Crippen LogP contribution in [0.15, 0.2) is 0 Å². The average molecular weight is 255 g/mol. The third kappa shape index (κ3) is 3.02. The third-order valence-corrected chi connectivity index (χ3v) is 4.30. The lowest BCUT2D eigenvalue weighted by Gasteiger charge is -2.52. The fraction of sp³-hybridized carbons (Fsp3) is 0.923. The monoisotopic (exact) mass is 255 g/mol. The second kappa shape index (κ2) is 5.55. The molecule has 0 spiro atoms. The number of carboxylic acid groups (broad SMARTS) is 1. The Morgan fingerprint density at radius 1 is 1.39 bits per heavy atom. The van der Waals surface area contributed by atoms with Crippen molar-refractivity contribution in [1.82, 2.24) is 15.1 Å². The highest BCUT2D eigenvalue weighted by molar-refractivity contribution is 5.68. The highest BCUT2D eigenvalue weighted by atomic mass is 16.4. The van der Waals surface area contributed by atoms with Gasteiger partial charge in [0, 0.05) is 19.6 Å². The first-order valence-electron chi connectivity index (χ1n) is 6.84. The van der Waals surface area contributed by atoms with E-state index >= 15 is 0 Å². The van der Waals surface area contributed by atoms with Gasteiger partial charge in [-0.1, -0.05) is 0 Å². The lowest BCUT2D eigenvalue weighted by molar-refractivity contribution is -0.142. The molecule has 0 amide bonds. The van der Waals surface area contributed by atoms with Crippen LogP contribution in [0.25, 0.3) is 0 Å². The number of carbonyl (C=O) groups is 1. The number of aliphatic carboxylic acids is 1. The Labute approximate surface area is 109 Å². The number of hydrogen-bond acceptors (Lipinski definition) is 4. The molecule has 2 N–H and O–H groups in total. The van der Waals surface area contributed by atoms with E-state index in [1.54, 1.807) is 0 Å². The summed E-state index contributed by atoms with van der Waals surface area (Å²) in [6.45, 7) is 4.91. The number of carboxylic acids is 1. The SMILES string of the molecule is CN(C)CC1CCN(C2(CC(=O)O)CNC2)CC1. The van der Waals surface area contributed by atoms with E-state index in [0.717, 1.165) is 38.6 Å². The standard InChI is InChI=1S/C13H25N3O2/c1-15(2)8-11-3-5-16(6-4-11)13(7-12(17)18)9-14-10-13/h11,14H,3-10H2,1-2H3,(H,17,18). The first-order valence-corrected chi connectivity index (χ1v) is 6.84. The lowest BCUT2D eigenvalue weighted by Crippen LogP contribution is -2.70. The Morgan fingerprint density at radius 2 is 2.00 bits per heavy atom. The summed E-state index contributed by atoms with van der Waals surface area (Å²) in [6.07, 6.45) is 2.66. The molecule has 104 valence electrons. The van der Waals surface area contributed by atoms with Crippen molar-refractivity contribution in [3.05, 3.63) is 0 Å². The summed E-state index contributed by atoms with van der Waals surface area (Å²) in [6, 6.07) is 0. The number of nitrogens with one attached hydrogen (secondary N) is 1. The van der Waals surface area contributed by atoms with E-state index in [0.29, 0.717) is 0 Å². The molecule has 2 aliphatic heterocycles. The molecule has 5 heteroatoms. The number of hydrogen-bond donors (Lipinski definition) is 2. The molecule has 0 unspecified atom stereocenters. The van der Waals surface area contributed by atoms with Crippen LogP contribution in [0, 0.1) is 5.92 Å². The Kier molecular flexibility index (Phi) is 4.25. The van der Waals surface area contributed by atoms with Crippen LogP contribution in [-0.2, 0) is 4.79 Å². The van der Waals surface area contributed by atoms with Crippen LogP contribution in [0.5, 0.6) is 0 Å². The third-order valence-electron chi connectivity index (χ3n) is 4.30. The molecule has 2 fully saturated rings. The quantitative estimate of drug-likeness (QED) is 0.728. The van der Waals surface area contributed by atoms with E-state index in [1.807, 2.05) is 0 Å². The second-order valence-electron chi connectivity index (χ2n) is 6.09. The van der Waals surface area contributed by atoms with E-state index in [4.69, 9.17) is 5.11 Å². The van der Waals surface area contributed by atoms with E-state index in [1.165, 1.54) is 12.8 Å². The highest BCUT2D eigenvalue weighted by Gasteiger charge is 2.45. The van der Waals surface area contributed by atoms with Gasteiger partial charge in [-0.3, -0.25) is 9.69 Å². The molecule has 0 radical (unpaired) electrons. The molecule has 0 aromatic heterocycles. The van der Waals surface area contributed by atoms with Crippen LogP contribution in [-0.4, -0.2) is 73.2 Å². The molecule has 0 aromatic rings. The van der Waals surface area contributed by atoms with Gasteiger partial charge in [0.1, 0.15) is 0 Å². The Bertz CT molecular complexity index is 295. The van der Waals surface area contributed by atoms with Crippen molar-refractivity contribution in [3.63, 3.8) is 0 Å². The minimum Gasteiger partial charge on any atom is -0.481 e. The van der Waals surface area contributed by atoms with Crippen molar-refractivity contribution in [2.75, 3.05) is 46.8 Å². The van der Waals surface area contributed by atoms with Gasteiger partial charge in [0.15, 0.2) is 0 Å². The number of rotatable bonds is 5. The number of piperidine rings is 1. The first-order chi connectivity index (χ1) is 8.52. The molecule has 0 aliphatic carbocycles. The molecular formula is C13H25N3O2. The van der Waals surface area contributed by atoms with Gasteiger partial charge in [0.2, 0.25) is 0 Å². The Morgan fingerprint density at radius 3 is 2.39 bits per heavy atom. The molecule has 0 bridgehead atoms. The summed E-state index contributed by atoms with van der Waals surface area (Å²) in [5.41, 5.74) is -0.102. The zero-order valence-electron chi connectivity index (χ0n) is 11.5. The van der Waals surface area contributed by atoms with Gasteiger partial charge in [-0.25, -0.2) is 0 Å². The van der Waals surface area contributed by atoms with Gasteiger partial charge >= 0.3 is 5.97 Å². The Hall–Kier alpha value is -0.650. The minimum atomic E-state index is -0.674. The maximum atomic E-state index is 11.0. The van der Waals surface area contributed by atoms with Crippen molar-refractivity contribution in [1.29, 1.82) is 0 Å². The maximum absolute atomic E-state index is 11.0. The van der Waals surface area contributed by atoms with Crippen LogP contribution in [0.2, 0.25) is 0 Å². The average Bonchev–Trinajstić information content (AvgIpc) is 2.24. The van der Waals surface area contributed by atoms with Crippen molar-refractivity contribution in [2.45, 2.75) is 24.8 Å². The second-order valence-corrected chi connectivity index (χ2v) is 6.09. The summed E-state index contributed by atoms with van der Waals surface area (Å²) >= 11 is 0. The number of nitrogens with zero attached hydrogens (tertiary/aromatic N) is 2. The van der Waals surface area contributed by atoms with Crippen molar-refractivity contribution in [2.24, 2.45) is 5.92 Å². The van der Waals surface area contributed by atoms with E-state index < -0.39 is 5.97 Å². The van der Waals surface area contributed by atoms with Crippen LogP contribution in [0.3, 0.4) is 0 Å². The summed E-state index contributed by atoms with van der Waals surface area (Å²) in [7, 11) is 4.24. The van der Waals surface area contributed by atoms with Gasteiger partial charge in [0.25, 0.3) is 0 Å². The van der Waals surface area contributed by atoms with Crippen molar-refractivity contribution < 1.29 is 9.90 Å². The Balaban J connectivity index is 1.86. The summed E-state index contributed by atoms with van der Waals surface area (Å²) < 4.78 is 0. The van der Waals surface area contributed by atoms with Gasteiger partial charge in [-0.15, -0.1) is 0 Å². The van der Waals surface area contributed by atoms with E-state index in [2.05, 4.69) is 29.2 Å². The summed E-state index contributed by atoms with van der Waals surface area (Å²) in [4.78, 5) is 15.7. The molecule has 2 rings (SSSR count). The summed E-state index contributed by atoms with van der Waals surface area (Å²) in [5.74, 6) is 0.0954. The number of likely N-dealkylation sites (tertiary alicyclic amines) is 1. The van der Waals surface area contributed by atoms with Gasteiger partial charge in [0.05, 0.1) is 12.0 Å². The van der Waals surface area contributed by atoms with Crippen LogP contribution >= 0.6 is 0 Å². The van der Waals surface area contributed by atoms with Gasteiger partial charge in [-0.2, -0.15) is 0 Å². The molecule has 5 nitrogen and oxygen atoms in total. The van der Waals surface area contributed by atoms with Crippen molar-refractivity contribution in [3.8, 4) is 0 Å². The minimum absolute atomic E-state index is 0.102. The lowest BCUT2D eigenvalue weighted by atomic mass is 9.83. The zero-order valence-corrected chi connectivity index (χ0v) is 11.5. The first kappa shape index (κ1) is 13.8. The maximum Gasteiger partial charge on any atom is 0.305 e. The van der Waals surface area contributed by atoms with E-state index in [-0.39, 0.29) is 12.0 Å². The molecule has 2 aliphatic rings. The van der Waals surface area contributed by atoms with Crippen LogP contribution in [0.4, 0.5) is 0 Å². The van der Waals surface area contributed by atoms with Gasteiger partial charge < -0.3 is 15.3 Å². The predicted octanol–water partition coefficient (Wildman–Crippen LogP) is 0.0767. The van der Waals surface area contributed by atoms with Crippen LogP contribution < -0.4 is 5.32 Å². The van der Waals surface area contributed by atoms with Crippen LogP contribution in [0.1, 0.15) is 19.3 Å². The molecule has 0 aromatic carbocycles. The highest BCUT2D eigenvalue weighted by Crippen LogP contribution is 2.30. The van der Waals surface area contributed by atoms with Crippen molar-refractivity contribution >= 4 is 5.97 Å². The molecule has 18 heavy (non-hydrogen) atoms. The topological polar surface area (TPSA) is 55.8 Å². The molecule has 2 heterocycles. The normalized spacial score (nSPS) is 25.1. The van der Waals surface area contributed by atoms with Gasteiger partial charge in [-0.05, 0) is 45.9 Å². The molecule has 0 atom stereocenters. The zero-order chi connectivity index (χ0) is 13.2. The smallest absolute Gasteiger partial charge is 0.305 e. The fourth-order valence-corrected chi connectivity index (χ4v) is 3.26. The summed E-state index contributed by atoms with van der Waals surface area (Å²) in [5, 5.41) is 12.3. The molecule has 0 saturated carbocycles. The molecular weight excluding hydrogens is 230 g/mol. The molecule has 2 saturated heterocycles. The van der Waals surface area contributed by atoms with E-state index in [9.17, 15) is 4.79 Å². The fourth-order valence-electron chi connectivity index (χ4n) is 3.26. The largest absolute Gasteiger partial charge is 0.481 e.